The Balaban J connectivity index is 2.70. The van der Waals surface area contributed by atoms with Crippen LogP contribution < -0.4 is 5.32 Å². The van der Waals surface area contributed by atoms with E-state index in [1.54, 1.807) is 6.07 Å². The van der Waals surface area contributed by atoms with E-state index < -0.39 is 5.82 Å². The summed E-state index contributed by atoms with van der Waals surface area (Å²) in [5, 5.41) is 20.7. The molecule has 0 atom stereocenters. The van der Waals surface area contributed by atoms with Crippen molar-refractivity contribution in [1.82, 2.24) is 0 Å². The molecule has 0 spiro atoms. The van der Waals surface area contributed by atoms with Gasteiger partial charge in [-0.25, -0.2) is 4.39 Å². The van der Waals surface area contributed by atoms with Crippen LogP contribution in [0.15, 0.2) is 18.2 Å². The van der Waals surface area contributed by atoms with E-state index in [4.69, 9.17) is 10.4 Å². The lowest BCUT2D eigenvalue weighted by Gasteiger charge is -2.24. The highest BCUT2D eigenvalue weighted by Gasteiger charge is 2.16. The quantitative estimate of drug-likeness (QED) is 0.826. The van der Waals surface area contributed by atoms with Gasteiger partial charge in [0.1, 0.15) is 5.82 Å². The van der Waals surface area contributed by atoms with E-state index in [1.165, 1.54) is 12.1 Å². The van der Waals surface area contributed by atoms with E-state index in [-0.39, 0.29) is 12.0 Å². The summed E-state index contributed by atoms with van der Waals surface area (Å²) < 4.78 is 13.2. The van der Waals surface area contributed by atoms with Gasteiger partial charge in [-0.3, -0.25) is 0 Å². The Labute approximate surface area is 101 Å². The van der Waals surface area contributed by atoms with Gasteiger partial charge in [-0.2, -0.15) is 5.26 Å². The van der Waals surface area contributed by atoms with Crippen LogP contribution in [0.3, 0.4) is 0 Å². The number of hydrogen-bond donors (Lipinski definition) is 2. The monoisotopic (exact) mass is 236 g/mol. The molecule has 0 unspecified atom stereocenters. The van der Waals surface area contributed by atoms with Crippen LogP contribution in [0.5, 0.6) is 0 Å². The maximum atomic E-state index is 13.2. The lowest BCUT2D eigenvalue weighted by atomic mass is 9.89. The maximum absolute atomic E-state index is 13.2. The van der Waals surface area contributed by atoms with E-state index in [2.05, 4.69) is 5.32 Å². The second-order valence-corrected chi connectivity index (χ2v) is 4.83. The van der Waals surface area contributed by atoms with Crippen molar-refractivity contribution in [3.63, 3.8) is 0 Å². The fourth-order valence-electron chi connectivity index (χ4n) is 1.49. The number of rotatable bonds is 5. The summed E-state index contributed by atoms with van der Waals surface area (Å²) in [6, 6.07) is 6.08. The molecule has 1 aromatic rings. The SMILES string of the molecule is CC(C)(CCO)CNc1cc(F)cc(C#N)c1. The van der Waals surface area contributed by atoms with Crippen LogP contribution in [0.1, 0.15) is 25.8 Å². The van der Waals surface area contributed by atoms with Gasteiger partial charge in [-0.05, 0) is 30.0 Å². The first-order valence-electron chi connectivity index (χ1n) is 5.52. The van der Waals surface area contributed by atoms with Crippen molar-refractivity contribution in [3.8, 4) is 6.07 Å². The number of benzene rings is 1. The molecule has 0 aliphatic carbocycles. The topological polar surface area (TPSA) is 56.0 Å². The molecule has 0 amide bonds. The van der Waals surface area contributed by atoms with Gasteiger partial charge in [0.25, 0.3) is 0 Å². The minimum Gasteiger partial charge on any atom is -0.396 e. The van der Waals surface area contributed by atoms with Crippen LogP contribution in [0, 0.1) is 22.6 Å². The highest BCUT2D eigenvalue weighted by Crippen LogP contribution is 2.21. The van der Waals surface area contributed by atoms with E-state index >= 15 is 0 Å². The molecule has 0 saturated heterocycles. The highest BCUT2D eigenvalue weighted by molar-refractivity contribution is 5.49. The molecule has 0 aliphatic rings. The van der Waals surface area contributed by atoms with E-state index in [0.29, 0.717) is 24.2 Å². The molecule has 0 bridgehead atoms. The first-order valence-corrected chi connectivity index (χ1v) is 5.52. The zero-order chi connectivity index (χ0) is 12.9. The number of nitriles is 1. The third-order valence-corrected chi connectivity index (χ3v) is 2.59. The average Bonchev–Trinajstić information content (AvgIpc) is 2.26. The zero-order valence-corrected chi connectivity index (χ0v) is 10.1. The minimum absolute atomic E-state index is 0.0755. The Morgan fingerprint density at radius 2 is 2.12 bits per heavy atom. The molecule has 4 heteroatoms. The Hall–Kier alpha value is -1.60. The van der Waals surface area contributed by atoms with Gasteiger partial charge in [0.2, 0.25) is 0 Å². The van der Waals surface area contributed by atoms with Gasteiger partial charge in [0.05, 0.1) is 11.6 Å². The van der Waals surface area contributed by atoms with Gasteiger partial charge in [0, 0.05) is 18.8 Å². The minimum atomic E-state index is -0.425. The Bertz CT molecular complexity index is 424. The predicted octanol–water partition coefficient (Wildman–Crippen LogP) is 2.52. The van der Waals surface area contributed by atoms with Gasteiger partial charge in [-0.1, -0.05) is 13.8 Å². The molecular weight excluding hydrogens is 219 g/mol. The molecule has 0 aromatic heterocycles. The molecule has 2 N–H and O–H groups in total. The lowest BCUT2D eigenvalue weighted by Crippen LogP contribution is -2.24. The molecule has 0 fully saturated rings. The lowest BCUT2D eigenvalue weighted by molar-refractivity contribution is 0.220. The van der Waals surface area contributed by atoms with Crippen molar-refractivity contribution in [1.29, 1.82) is 5.26 Å². The molecule has 1 aromatic carbocycles. The van der Waals surface area contributed by atoms with E-state index in [0.717, 1.165) is 0 Å². The van der Waals surface area contributed by atoms with Crippen molar-refractivity contribution in [2.24, 2.45) is 5.41 Å². The second kappa shape index (κ2) is 5.65. The fourth-order valence-corrected chi connectivity index (χ4v) is 1.49. The molecule has 0 heterocycles. The Morgan fingerprint density at radius 3 is 2.71 bits per heavy atom. The van der Waals surface area contributed by atoms with Crippen LogP contribution in [0.4, 0.5) is 10.1 Å². The molecule has 0 aliphatic heterocycles. The number of nitrogens with one attached hydrogen (secondary N) is 1. The summed E-state index contributed by atoms with van der Waals surface area (Å²) in [5.74, 6) is -0.425. The van der Waals surface area contributed by atoms with Gasteiger partial charge < -0.3 is 10.4 Å². The average molecular weight is 236 g/mol. The Morgan fingerprint density at radius 1 is 1.41 bits per heavy atom. The number of aliphatic hydroxyl groups excluding tert-OH is 1. The number of halogens is 1. The fraction of sp³-hybridized carbons (Fsp3) is 0.462. The van der Waals surface area contributed by atoms with Crippen molar-refractivity contribution in [3.05, 3.63) is 29.6 Å². The predicted molar refractivity (Wildman–Crippen MR) is 65.1 cm³/mol. The first-order chi connectivity index (χ1) is 7.96. The summed E-state index contributed by atoms with van der Waals surface area (Å²) in [5.41, 5.74) is 0.813. The van der Waals surface area contributed by atoms with Crippen molar-refractivity contribution in [2.45, 2.75) is 20.3 Å². The summed E-state index contributed by atoms with van der Waals surface area (Å²) in [7, 11) is 0. The molecule has 17 heavy (non-hydrogen) atoms. The summed E-state index contributed by atoms with van der Waals surface area (Å²) in [4.78, 5) is 0. The number of hydrogen-bond acceptors (Lipinski definition) is 3. The molecule has 1 rings (SSSR count). The molecule has 92 valence electrons. The third kappa shape index (κ3) is 4.41. The molecule has 3 nitrogen and oxygen atoms in total. The summed E-state index contributed by atoms with van der Waals surface area (Å²) >= 11 is 0. The smallest absolute Gasteiger partial charge is 0.126 e. The second-order valence-electron chi connectivity index (χ2n) is 4.83. The summed E-state index contributed by atoms with van der Waals surface area (Å²) in [6.07, 6.45) is 0.667. The van der Waals surface area contributed by atoms with Crippen molar-refractivity contribution < 1.29 is 9.50 Å². The standard InChI is InChI=1S/C13H17FN2O/c1-13(2,3-4-17)9-16-12-6-10(8-15)5-11(14)7-12/h5-7,16-17H,3-4,9H2,1-2H3. The van der Waals surface area contributed by atoms with Crippen LogP contribution >= 0.6 is 0 Å². The normalized spacial score (nSPS) is 11.0. The summed E-state index contributed by atoms with van der Waals surface area (Å²) in [6.45, 7) is 4.77. The largest absolute Gasteiger partial charge is 0.396 e. The van der Waals surface area contributed by atoms with Gasteiger partial charge >= 0.3 is 0 Å². The first kappa shape index (κ1) is 13.5. The molecule has 0 radical (unpaired) electrons. The number of aliphatic hydroxyl groups is 1. The zero-order valence-electron chi connectivity index (χ0n) is 10.1. The highest BCUT2D eigenvalue weighted by atomic mass is 19.1. The number of anilines is 1. The third-order valence-electron chi connectivity index (χ3n) is 2.59. The van der Waals surface area contributed by atoms with E-state index in [1.807, 2.05) is 19.9 Å². The van der Waals surface area contributed by atoms with Crippen LogP contribution in [-0.4, -0.2) is 18.3 Å². The molecular formula is C13H17FN2O. The van der Waals surface area contributed by atoms with Gasteiger partial charge in [-0.15, -0.1) is 0 Å². The van der Waals surface area contributed by atoms with Crippen LogP contribution in [0.25, 0.3) is 0 Å². The number of nitrogens with zero attached hydrogens (tertiary/aromatic N) is 1. The Kier molecular flexibility index (Phi) is 4.47. The van der Waals surface area contributed by atoms with Crippen molar-refractivity contribution in [2.75, 3.05) is 18.5 Å². The maximum Gasteiger partial charge on any atom is 0.126 e. The van der Waals surface area contributed by atoms with Crippen LogP contribution in [-0.2, 0) is 0 Å². The molecule has 0 saturated carbocycles. The van der Waals surface area contributed by atoms with E-state index in [9.17, 15) is 4.39 Å². The van der Waals surface area contributed by atoms with Gasteiger partial charge in [0.15, 0.2) is 0 Å². The van der Waals surface area contributed by atoms with Crippen LogP contribution in [0.2, 0.25) is 0 Å². The van der Waals surface area contributed by atoms with Crippen molar-refractivity contribution >= 4 is 5.69 Å².